The summed E-state index contributed by atoms with van der Waals surface area (Å²) >= 11 is 0. The molecule has 0 aromatic heterocycles. The SMILES string of the molecule is CC(C)C[C@H](C(=O)N1C[C@H](C2CC2)[C@H]2OCC(=O)[C@H]21)c1cc(N2CCN(C)CC2)ccc1C(N)=O. The number of benzene rings is 1. The van der Waals surface area contributed by atoms with Gasteiger partial charge in [0, 0.05) is 49.9 Å². The number of carbonyl (C=O) groups excluding carboxylic acids is 3. The molecule has 3 heterocycles. The number of nitrogens with zero attached hydrogens (tertiary/aromatic N) is 3. The number of likely N-dealkylation sites (N-methyl/N-ethyl adjacent to an activating group) is 1. The van der Waals surface area contributed by atoms with Crippen molar-refractivity contribution < 1.29 is 19.1 Å². The second-order valence-corrected chi connectivity index (χ2v) is 11.3. The first-order valence-electron chi connectivity index (χ1n) is 13.1. The molecule has 8 heteroatoms. The van der Waals surface area contributed by atoms with E-state index in [0.717, 1.165) is 44.7 Å². The minimum absolute atomic E-state index is 0.00360. The molecule has 5 rings (SSSR count). The molecule has 8 nitrogen and oxygen atoms in total. The number of hydrogen-bond acceptors (Lipinski definition) is 6. The van der Waals surface area contributed by atoms with Crippen molar-refractivity contribution >= 4 is 23.3 Å². The lowest BCUT2D eigenvalue weighted by atomic mass is 9.85. The molecule has 0 bridgehead atoms. The van der Waals surface area contributed by atoms with E-state index < -0.39 is 17.9 Å². The quantitative estimate of drug-likeness (QED) is 0.638. The summed E-state index contributed by atoms with van der Waals surface area (Å²) in [6.45, 7) is 8.51. The molecule has 190 valence electrons. The summed E-state index contributed by atoms with van der Waals surface area (Å²) < 4.78 is 5.89. The number of fused-ring (bicyclic) bond motifs is 1. The highest BCUT2D eigenvalue weighted by Gasteiger charge is 2.56. The third-order valence-electron chi connectivity index (χ3n) is 8.28. The Kier molecular flexibility index (Phi) is 6.61. The standard InChI is InChI=1S/C27H38N4O4/c1-16(2)12-21(27(34)31-14-22(17-4-5-17)25-24(31)23(32)15-35-25)20-13-18(6-7-19(20)26(28)33)30-10-8-29(3)9-11-30/h6-7,13,16-17,21-22,24-25H,4-5,8-12,14-15H2,1-3H3,(H2,28,33)/t21-,22+,24+,25+/m0/s1. The van der Waals surface area contributed by atoms with Gasteiger partial charge in [-0.15, -0.1) is 0 Å². The van der Waals surface area contributed by atoms with Crippen molar-refractivity contribution in [1.82, 2.24) is 9.80 Å². The molecule has 2 N–H and O–H groups in total. The molecule has 1 aromatic rings. The molecule has 2 amide bonds. The van der Waals surface area contributed by atoms with E-state index in [1.807, 2.05) is 12.1 Å². The highest BCUT2D eigenvalue weighted by atomic mass is 16.5. The van der Waals surface area contributed by atoms with Crippen LogP contribution in [0.3, 0.4) is 0 Å². The van der Waals surface area contributed by atoms with Gasteiger partial charge < -0.3 is 25.2 Å². The van der Waals surface area contributed by atoms with Gasteiger partial charge in [-0.05, 0) is 61.9 Å². The molecule has 35 heavy (non-hydrogen) atoms. The van der Waals surface area contributed by atoms with E-state index in [1.54, 1.807) is 11.0 Å². The van der Waals surface area contributed by atoms with Crippen LogP contribution in [0.4, 0.5) is 5.69 Å². The van der Waals surface area contributed by atoms with Gasteiger partial charge in [0.25, 0.3) is 0 Å². The number of ketones is 1. The van der Waals surface area contributed by atoms with Crippen molar-refractivity contribution in [3.05, 3.63) is 29.3 Å². The lowest BCUT2D eigenvalue weighted by molar-refractivity contribution is -0.138. The number of hydrogen-bond donors (Lipinski definition) is 1. The van der Waals surface area contributed by atoms with Gasteiger partial charge in [-0.3, -0.25) is 14.4 Å². The van der Waals surface area contributed by atoms with Crippen molar-refractivity contribution in [2.45, 2.75) is 51.2 Å². The van der Waals surface area contributed by atoms with Crippen LogP contribution in [0.15, 0.2) is 18.2 Å². The van der Waals surface area contributed by atoms with Crippen molar-refractivity contribution in [3.63, 3.8) is 0 Å². The number of piperazine rings is 1. The van der Waals surface area contributed by atoms with Gasteiger partial charge in [0.15, 0.2) is 5.78 Å². The minimum Gasteiger partial charge on any atom is -0.369 e. The maximum absolute atomic E-state index is 14.2. The van der Waals surface area contributed by atoms with Crippen LogP contribution in [-0.4, -0.2) is 85.9 Å². The van der Waals surface area contributed by atoms with Gasteiger partial charge in [0.1, 0.15) is 12.6 Å². The first-order valence-corrected chi connectivity index (χ1v) is 13.1. The number of amides is 2. The van der Waals surface area contributed by atoms with E-state index in [0.29, 0.717) is 30.0 Å². The first kappa shape index (κ1) is 24.3. The largest absolute Gasteiger partial charge is 0.369 e. The molecule has 4 aliphatic rings. The monoisotopic (exact) mass is 482 g/mol. The van der Waals surface area contributed by atoms with Crippen LogP contribution in [0.1, 0.15) is 54.9 Å². The molecule has 1 aliphatic carbocycles. The third-order valence-corrected chi connectivity index (χ3v) is 8.28. The van der Waals surface area contributed by atoms with Gasteiger partial charge in [-0.25, -0.2) is 0 Å². The Morgan fingerprint density at radius 3 is 2.49 bits per heavy atom. The van der Waals surface area contributed by atoms with Crippen LogP contribution >= 0.6 is 0 Å². The summed E-state index contributed by atoms with van der Waals surface area (Å²) in [5.74, 6) is -0.146. The zero-order valence-corrected chi connectivity index (χ0v) is 21.1. The van der Waals surface area contributed by atoms with E-state index in [9.17, 15) is 14.4 Å². The molecule has 0 spiro atoms. The van der Waals surface area contributed by atoms with E-state index in [4.69, 9.17) is 10.5 Å². The topological polar surface area (TPSA) is 96.2 Å². The summed E-state index contributed by atoms with van der Waals surface area (Å²) in [4.78, 5) is 45.9. The Morgan fingerprint density at radius 1 is 1.14 bits per heavy atom. The second kappa shape index (κ2) is 9.54. The van der Waals surface area contributed by atoms with Gasteiger partial charge >= 0.3 is 0 Å². The zero-order chi connectivity index (χ0) is 24.9. The summed E-state index contributed by atoms with van der Waals surface area (Å²) in [6, 6.07) is 5.21. The van der Waals surface area contributed by atoms with Crippen LogP contribution in [0, 0.1) is 17.8 Å². The van der Waals surface area contributed by atoms with Crippen LogP contribution in [0.2, 0.25) is 0 Å². The number of ether oxygens (including phenoxy) is 1. The molecule has 3 aliphatic heterocycles. The number of Topliss-reactive ketones (excluding diaryl/α,β-unsaturated/α-hetero) is 1. The zero-order valence-electron chi connectivity index (χ0n) is 21.1. The molecule has 3 saturated heterocycles. The predicted molar refractivity (Wildman–Crippen MR) is 133 cm³/mol. The number of likely N-dealkylation sites (tertiary alicyclic amines) is 1. The van der Waals surface area contributed by atoms with Gasteiger partial charge in [0.05, 0.1) is 12.0 Å². The maximum atomic E-state index is 14.2. The Labute approximate surface area is 207 Å². The summed E-state index contributed by atoms with van der Waals surface area (Å²) in [5.41, 5.74) is 7.89. The Bertz CT molecular complexity index is 999. The van der Waals surface area contributed by atoms with Gasteiger partial charge in [-0.1, -0.05) is 13.8 Å². The van der Waals surface area contributed by atoms with E-state index >= 15 is 0 Å². The lowest BCUT2D eigenvalue weighted by Crippen LogP contribution is -2.45. The first-order chi connectivity index (χ1) is 16.7. The Hall–Kier alpha value is -2.45. The summed E-state index contributed by atoms with van der Waals surface area (Å²) in [6.07, 6.45) is 2.68. The van der Waals surface area contributed by atoms with Crippen LogP contribution in [0.25, 0.3) is 0 Å². The molecular formula is C27H38N4O4. The summed E-state index contributed by atoms with van der Waals surface area (Å²) in [5, 5.41) is 0. The van der Waals surface area contributed by atoms with E-state index in [-0.39, 0.29) is 36.2 Å². The number of anilines is 1. The minimum atomic E-state index is -0.531. The second-order valence-electron chi connectivity index (χ2n) is 11.3. The maximum Gasteiger partial charge on any atom is 0.249 e. The number of primary amides is 1. The normalized spacial score (nSPS) is 28.0. The molecular weight excluding hydrogens is 444 g/mol. The molecule has 4 atom stereocenters. The molecule has 0 unspecified atom stereocenters. The van der Waals surface area contributed by atoms with Crippen molar-refractivity contribution in [1.29, 1.82) is 0 Å². The summed E-state index contributed by atoms with van der Waals surface area (Å²) in [7, 11) is 2.11. The number of carbonyl (C=O) groups is 3. The fourth-order valence-corrected chi connectivity index (χ4v) is 6.22. The molecule has 1 saturated carbocycles. The van der Waals surface area contributed by atoms with E-state index in [1.165, 1.54) is 0 Å². The average molecular weight is 483 g/mol. The highest BCUT2D eigenvalue weighted by molar-refractivity contribution is 5.99. The van der Waals surface area contributed by atoms with E-state index in [2.05, 4.69) is 30.7 Å². The third kappa shape index (κ3) is 4.70. The molecule has 1 aromatic carbocycles. The fourth-order valence-electron chi connectivity index (χ4n) is 6.22. The fraction of sp³-hybridized carbons (Fsp3) is 0.667. The van der Waals surface area contributed by atoms with Gasteiger partial charge in [0.2, 0.25) is 11.8 Å². The predicted octanol–water partition coefficient (Wildman–Crippen LogP) is 1.87. The smallest absolute Gasteiger partial charge is 0.249 e. The molecule has 4 fully saturated rings. The van der Waals surface area contributed by atoms with Crippen LogP contribution in [-0.2, 0) is 14.3 Å². The van der Waals surface area contributed by atoms with Gasteiger partial charge in [-0.2, -0.15) is 0 Å². The van der Waals surface area contributed by atoms with Crippen LogP contribution < -0.4 is 10.6 Å². The van der Waals surface area contributed by atoms with Crippen LogP contribution in [0.5, 0.6) is 0 Å². The average Bonchev–Trinajstić information content (AvgIpc) is 3.50. The number of rotatable bonds is 7. The highest BCUT2D eigenvalue weighted by Crippen LogP contribution is 2.47. The van der Waals surface area contributed by atoms with Crippen molar-refractivity contribution in [2.24, 2.45) is 23.5 Å². The number of nitrogens with two attached hydrogens (primary N) is 1. The lowest BCUT2D eigenvalue weighted by Gasteiger charge is -2.35. The van der Waals surface area contributed by atoms with Crippen molar-refractivity contribution in [2.75, 3.05) is 51.3 Å². The Morgan fingerprint density at radius 2 is 1.86 bits per heavy atom. The van der Waals surface area contributed by atoms with Crippen molar-refractivity contribution in [3.8, 4) is 0 Å². The molecule has 0 radical (unpaired) electrons. The Balaban J connectivity index is 1.50.